The Kier molecular flexibility index (Phi) is 5.74. The van der Waals surface area contributed by atoms with E-state index in [9.17, 15) is 9.59 Å². The van der Waals surface area contributed by atoms with Crippen molar-refractivity contribution < 1.29 is 14.3 Å². The highest BCUT2D eigenvalue weighted by Crippen LogP contribution is 2.19. The fourth-order valence-corrected chi connectivity index (χ4v) is 2.94. The molecule has 0 fully saturated rings. The van der Waals surface area contributed by atoms with Gasteiger partial charge in [0.2, 0.25) is 0 Å². The molecule has 0 spiro atoms. The molecule has 29 heavy (non-hydrogen) atoms. The monoisotopic (exact) mass is 388 g/mol. The maximum Gasteiger partial charge on any atom is 0.342 e. The SMILES string of the molecule is Cc1nn(-c2ccccc2)c(C)c1C(=O)O[C@@H](C)C(=O)Nc1cccc(C#N)c1. The zero-order valence-corrected chi connectivity index (χ0v) is 16.3. The molecule has 1 heterocycles. The van der Waals surface area contributed by atoms with Crippen molar-refractivity contribution >= 4 is 17.6 Å². The average molecular weight is 388 g/mol. The van der Waals surface area contributed by atoms with Crippen LogP contribution in [0.4, 0.5) is 5.69 Å². The van der Waals surface area contributed by atoms with E-state index in [0.29, 0.717) is 28.2 Å². The van der Waals surface area contributed by atoms with Crippen LogP contribution in [0.5, 0.6) is 0 Å². The molecule has 1 amide bonds. The molecular weight excluding hydrogens is 368 g/mol. The third-order valence-electron chi connectivity index (χ3n) is 4.41. The van der Waals surface area contributed by atoms with E-state index in [1.54, 1.807) is 42.8 Å². The quantitative estimate of drug-likeness (QED) is 0.674. The summed E-state index contributed by atoms with van der Waals surface area (Å²) in [5.41, 5.74) is 3.20. The first-order valence-corrected chi connectivity index (χ1v) is 9.04. The van der Waals surface area contributed by atoms with Crippen LogP contribution in [0.15, 0.2) is 54.6 Å². The van der Waals surface area contributed by atoms with E-state index in [1.807, 2.05) is 36.4 Å². The predicted molar refractivity (Wildman–Crippen MR) is 108 cm³/mol. The molecule has 0 saturated carbocycles. The highest BCUT2D eigenvalue weighted by Gasteiger charge is 2.25. The number of hydrogen-bond acceptors (Lipinski definition) is 5. The molecule has 2 aromatic carbocycles. The van der Waals surface area contributed by atoms with Gasteiger partial charge in [-0.1, -0.05) is 24.3 Å². The van der Waals surface area contributed by atoms with Crippen LogP contribution >= 0.6 is 0 Å². The Morgan fingerprint density at radius 3 is 2.55 bits per heavy atom. The van der Waals surface area contributed by atoms with Crippen molar-refractivity contribution in [2.45, 2.75) is 26.9 Å². The van der Waals surface area contributed by atoms with E-state index >= 15 is 0 Å². The lowest BCUT2D eigenvalue weighted by Crippen LogP contribution is -2.30. The number of nitrogens with zero attached hydrogens (tertiary/aromatic N) is 3. The van der Waals surface area contributed by atoms with Crippen molar-refractivity contribution in [3.05, 3.63) is 77.1 Å². The zero-order valence-electron chi connectivity index (χ0n) is 16.3. The fourth-order valence-electron chi connectivity index (χ4n) is 2.94. The largest absolute Gasteiger partial charge is 0.449 e. The number of hydrogen-bond donors (Lipinski definition) is 1. The Morgan fingerprint density at radius 2 is 1.86 bits per heavy atom. The van der Waals surface area contributed by atoms with Crippen molar-refractivity contribution in [1.82, 2.24) is 9.78 Å². The Morgan fingerprint density at radius 1 is 1.14 bits per heavy atom. The summed E-state index contributed by atoms with van der Waals surface area (Å²) in [7, 11) is 0. The summed E-state index contributed by atoms with van der Waals surface area (Å²) in [5.74, 6) is -1.10. The molecule has 0 saturated heterocycles. The number of esters is 1. The second kappa shape index (κ2) is 8.40. The first kappa shape index (κ1) is 19.8. The first-order chi connectivity index (χ1) is 13.9. The molecule has 0 aliphatic carbocycles. The van der Waals surface area contributed by atoms with Crippen molar-refractivity contribution in [3.8, 4) is 11.8 Å². The molecule has 0 bridgehead atoms. The number of aryl methyl sites for hydroxylation is 1. The molecule has 1 aromatic heterocycles. The Hall–Kier alpha value is -3.92. The number of rotatable bonds is 5. The third-order valence-corrected chi connectivity index (χ3v) is 4.41. The molecule has 0 unspecified atom stereocenters. The standard InChI is InChI=1S/C22H20N4O3/c1-14-20(15(2)26(25-14)19-10-5-4-6-11-19)22(28)29-16(3)21(27)24-18-9-7-8-17(12-18)13-23/h4-12,16H,1-3H3,(H,24,27)/t16-/m0/s1. The normalized spacial score (nSPS) is 11.4. The number of ether oxygens (including phenoxy) is 1. The molecule has 1 atom stereocenters. The molecule has 7 nitrogen and oxygen atoms in total. The molecule has 0 aliphatic heterocycles. The predicted octanol–water partition coefficient (Wildman–Crippen LogP) is 3.54. The lowest BCUT2D eigenvalue weighted by atomic mass is 10.2. The summed E-state index contributed by atoms with van der Waals surface area (Å²) in [4.78, 5) is 25.1. The van der Waals surface area contributed by atoms with Gasteiger partial charge in [0.15, 0.2) is 6.10 Å². The van der Waals surface area contributed by atoms with Gasteiger partial charge in [0.05, 0.1) is 28.7 Å². The van der Waals surface area contributed by atoms with Gasteiger partial charge in [-0.2, -0.15) is 10.4 Å². The van der Waals surface area contributed by atoms with Gasteiger partial charge in [-0.15, -0.1) is 0 Å². The minimum atomic E-state index is -1.02. The van der Waals surface area contributed by atoms with Gasteiger partial charge in [0.25, 0.3) is 5.91 Å². The number of nitriles is 1. The minimum Gasteiger partial charge on any atom is -0.449 e. The highest BCUT2D eigenvalue weighted by atomic mass is 16.5. The third kappa shape index (κ3) is 4.33. The van der Waals surface area contributed by atoms with Gasteiger partial charge < -0.3 is 10.1 Å². The van der Waals surface area contributed by atoms with Crippen LogP contribution < -0.4 is 5.32 Å². The van der Waals surface area contributed by atoms with Gasteiger partial charge in [-0.05, 0) is 51.1 Å². The number of amides is 1. The number of para-hydroxylation sites is 1. The maximum atomic E-state index is 12.7. The lowest BCUT2D eigenvalue weighted by molar-refractivity contribution is -0.123. The van der Waals surface area contributed by atoms with Crippen LogP contribution in [-0.2, 0) is 9.53 Å². The Bertz CT molecular complexity index is 1100. The molecule has 0 radical (unpaired) electrons. The summed E-state index contributed by atoms with van der Waals surface area (Å²) in [5, 5.41) is 16.0. The van der Waals surface area contributed by atoms with E-state index in [-0.39, 0.29) is 0 Å². The number of carbonyl (C=O) groups is 2. The Labute approximate surface area is 168 Å². The number of aromatic nitrogens is 2. The molecule has 3 aromatic rings. The number of nitrogens with one attached hydrogen (secondary N) is 1. The van der Waals surface area contributed by atoms with E-state index in [4.69, 9.17) is 10.00 Å². The summed E-state index contributed by atoms with van der Waals surface area (Å²) in [6.45, 7) is 5.00. The van der Waals surface area contributed by atoms with E-state index in [1.165, 1.54) is 6.92 Å². The van der Waals surface area contributed by atoms with Crippen LogP contribution in [0.25, 0.3) is 5.69 Å². The van der Waals surface area contributed by atoms with E-state index in [2.05, 4.69) is 10.4 Å². The van der Waals surface area contributed by atoms with Crippen LogP contribution in [0.1, 0.15) is 34.2 Å². The van der Waals surface area contributed by atoms with Crippen molar-refractivity contribution in [2.75, 3.05) is 5.32 Å². The zero-order chi connectivity index (χ0) is 21.0. The van der Waals surface area contributed by atoms with E-state index < -0.39 is 18.0 Å². The number of benzene rings is 2. The van der Waals surface area contributed by atoms with Gasteiger partial charge in [0, 0.05) is 5.69 Å². The summed E-state index contributed by atoms with van der Waals surface area (Å²) in [6, 6.07) is 18.0. The van der Waals surface area contributed by atoms with Crippen LogP contribution in [0.3, 0.4) is 0 Å². The van der Waals surface area contributed by atoms with Crippen molar-refractivity contribution in [2.24, 2.45) is 0 Å². The second-order valence-corrected chi connectivity index (χ2v) is 6.52. The van der Waals surface area contributed by atoms with Gasteiger partial charge >= 0.3 is 5.97 Å². The van der Waals surface area contributed by atoms with Crippen LogP contribution in [0, 0.1) is 25.2 Å². The fraction of sp³-hybridized carbons (Fsp3) is 0.182. The van der Waals surface area contributed by atoms with E-state index in [0.717, 1.165) is 5.69 Å². The second-order valence-electron chi connectivity index (χ2n) is 6.52. The van der Waals surface area contributed by atoms with Gasteiger partial charge in [-0.25, -0.2) is 9.48 Å². The molecule has 0 aliphatic rings. The maximum absolute atomic E-state index is 12.7. The van der Waals surface area contributed by atoms with Gasteiger partial charge in [-0.3, -0.25) is 4.79 Å². The summed E-state index contributed by atoms with van der Waals surface area (Å²) in [6.07, 6.45) is -1.02. The topological polar surface area (TPSA) is 97.0 Å². The van der Waals surface area contributed by atoms with Crippen molar-refractivity contribution in [3.63, 3.8) is 0 Å². The summed E-state index contributed by atoms with van der Waals surface area (Å²) < 4.78 is 7.04. The molecular formula is C22H20N4O3. The number of anilines is 1. The van der Waals surface area contributed by atoms with Crippen molar-refractivity contribution in [1.29, 1.82) is 5.26 Å². The number of carbonyl (C=O) groups excluding carboxylic acids is 2. The highest BCUT2D eigenvalue weighted by molar-refractivity contribution is 5.98. The minimum absolute atomic E-state index is 0.333. The molecule has 3 rings (SSSR count). The van der Waals surface area contributed by atoms with Crippen LogP contribution in [0.2, 0.25) is 0 Å². The first-order valence-electron chi connectivity index (χ1n) is 9.04. The van der Waals surface area contributed by atoms with Crippen LogP contribution in [-0.4, -0.2) is 27.8 Å². The van der Waals surface area contributed by atoms with Gasteiger partial charge in [0.1, 0.15) is 5.56 Å². The lowest BCUT2D eigenvalue weighted by Gasteiger charge is -2.14. The molecule has 1 N–H and O–H groups in total. The molecule has 7 heteroatoms. The Balaban J connectivity index is 1.73. The molecule has 146 valence electrons. The average Bonchev–Trinajstić information content (AvgIpc) is 3.02. The summed E-state index contributed by atoms with van der Waals surface area (Å²) >= 11 is 0. The smallest absolute Gasteiger partial charge is 0.342 e.